The smallest absolute Gasteiger partial charge is 0.277 e. The molecule has 2 amide bonds. The van der Waals surface area contributed by atoms with Crippen LogP contribution in [0.1, 0.15) is 33.6 Å². The molecule has 1 spiro atoms. The lowest BCUT2D eigenvalue weighted by Crippen LogP contribution is -2.53. The third-order valence-corrected chi connectivity index (χ3v) is 7.69. The van der Waals surface area contributed by atoms with Gasteiger partial charge in [0.05, 0.1) is 26.3 Å². The molecule has 0 saturated carbocycles. The van der Waals surface area contributed by atoms with Crippen molar-refractivity contribution in [1.82, 2.24) is 9.80 Å². The number of nitro groups is 2. The van der Waals surface area contributed by atoms with Crippen LogP contribution in [0.15, 0.2) is 42.5 Å². The topological polar surface area (TPSA) is 127 Å². The maximum atomic E-state index is 13.2. The second kappa shape index (κ2) is 8.99. The van der Waals surface area contributed by atoms with Crippen LogP contribution in [0.5, 0.6) is 0 Å². The van der Waals surface area contributed by atoms with Gasteiger partial charge in [0.2, 0.25) is 0 Å². The molecule has 2 aliphatic rings. The number of thioether (sulfide) groups is 1. The quantitative estimate of drug-likeness (QED) is 0.468. The first-order valence-electron chi connectivity index (χ1n) is 10.1. The van der Waals surface area contributed by atoms with Crippen LogP contribution in [-0.4, -0.2) is 61.7 Å². The summed E-state index contributed by atoms with van der Waals surface area (Å²) < 4.78 is 0. The summed E-state index contributed by atoms with van der Waals surface area (Å²) >= 11 is 7.72. The highest BCUT2D eigenvalue weighted by atomic mass is 35.5. The summed E-state index contributed by atoms with van der Waals surface area (Å²) in [7, 11) is 0. The van der Waals surface area contributed by atoms with Gasteiger partial charge < -0.3 is 9.80 Å². The number of nitrogens with zero attached hydrogens (tertiary/aromatic N) is 4. The normalized spacial score (nSPS) is 17.2. The molecule has 0 unspecified atom stereocenters. The number of piperidine rings is 1. The predicted molar refractivity (Wildman–Crippen MR) is 123 cm³/mol. The van der Waals surface area contributed by atoms with Gasteiger partial charge in [-0.1, -0.05) is 17.7 Å². The first kappa shape index (κ1) is 23.0. The molecule has 2 aromatic rings. The monoisotopic (exact) mass is 490 g/mol. The number of nitro benzene ring substituents is 2. The number of halogens is 1. The van der Waals surface area contributed by atoms with E-state index in [1.807, 2.05) is 4.90 Å². The largest absolute Gasteiger partial charge is 0.338 e. The summed E-state index contributed by atoms with van der Waals surface area (Å²) in [5.74, 6) is 0.154. The molecule has 0 N–H and O–H groups in total. The van der Waals surface area contributed by atoms with Crippen molar-refractivity contribution < 1.29 is 19.4 Å². The van der Waals surface area contributed by atoms with Gasteiger partial charge >= 0.3 is 0 Å². The van der Waals surface area contributed by atoms with Gasteiger partial charge in [-0.15, -0.1) is 11.8 Å². The van der Waals surface area contributed by atoms with E-state index in [2.05, 4.69) is 0 Å². The molecule has 2 aromatic carbocycles. The fourth-order valence-corrected chi connectivity index (χ4v) is 5.90. The van der Waals surface area contributed by atoms with Crippen LogP contribution in [0.2, 0.25) is 5.02 Å². The van der Waals surface area contributed by atoms with Crippen LogP contribution < -0.4 is 0 Å². The Hall–Kier alpha value is -3.18. The lowest BCUT2D eigenvalue weighted by atomic mass is 10.00. The molecule has 10 nitrogen and oxygen atoms in total. The number of carbonyl (C=O) groups excluding carboxylic acids is 2. The molecular formula is C21H19ClN4O6S. The summed E-state index contributed by atoms with van der Waals surface area (Å²) in [6.07, 6.45) is 1.04. The molecule has 2 saturated heterocycles. The number of carbonyl (C=O) groups is 2. The minimum absolute atomic E-state index is 0.0993. The van der Waals surface area contributed by atoms with Crippen molar-refractivity contribution in [2.45, 2.75) is 17.7 Å². The van der Waals surface area contributed by atoms with Crippen LogP contribution in [0, 0.1) is 20.2 Å². The molecule has 2 heterocycles. The molecule has 4 rings (SSSR count). The van der Waals surface area contributed by atoms with E-state index in [0.29, 0.717) is 43.1 Å². The molecule has 12 heteroatoms. The Morgan fingerprint density at radius 1 is 0.909 bits per heavy atom. The van der Waals surface area contributed by atoms with E-state index in [9.17, 15) is 29.8 Å². The van der Waals surface area contributed by atoms with Crippen LogP contribution in [0.4, 0.5) is 11.4 Å². The summed E-state index contributed by atoms with van der Waals surface area (Å²) in [6.45, 7) is 1.23. The Labute approximate surface area is 197 Å². The van der Waals surface area contributed by atoms with Gasteiger partial charge in [0.25, 0.3) is 23.2 Å². The standard InChI is InChI=1S/C21H19ClN4O6S/c22-16-3-1-2-14(10-16)20(28)24-8-9-33-21(24)4-6-23(7-5-21)19(27)15-11-17(25(29)30)13-18(12-15)26(31)32/h1-3,10-13H,4-9H2. The van der Waals surface area contributed by atoms with Gasteiger partial charge in [-0.25, -0.2) is 0 Å². The SMILES string of the molecule is O=C(c1cc([N+](=O)[O-])cc([N+](=O)[O-])c1)N1CCC2(CC1)SCCN2C(=O)c1cccc(Cl)c1. The zero-order valence-electron chi connectivity index (χ0n) is 17.3. The van der Waals surface area contributed by atoms with E-state index in [1.165, 1.54) is 4.90 Å². The van der Waals surface area contributed by atoms with Crippen LogP contribution in [0.25, 0.3) is 0 Å². The fraction of sp³-hybridized carbons (Fsp3) is 0.333. The Bertz CT molecular complexity index is 1120. The van der Waals surface area contributed by atoms with E-state index < -0.39 is 32.0 Å². The first-order chi connectivity index (χ1) is 15.7. The third kappa shape index (κ3) is 4.51. The van der Waals surface area contributed by atoms with Crippen molar-refractivity contribution in [3.63, 3.8) is 0 Å². The molecular weight excluding hydrogens is 472 g/mol. The molecule has 0 atom stereocenters. The van der Waals surface area contributed by atoms with Crippen LogP contribution in [-0.2, 0) is 0 Å². The zero-order chi connectivity index (χ0) is 23.8. The van der Waals surface area contributed by atoms with Crippen LogP contribution >= 0.6 is 23.4 Å². The number of hydrogen-bond donors (Lipinski definition) is 0. The molecule has 33 heavy (non-hydrogen) atoms. The first-order valence-corrected chi connectivity index (χ1v) is 11.5. The van der Waals surface area contributed by atoms with Gasteiger partial charge in [-0.3, -0.25) is 29.8 Å². The van der Waals surface area contributed by atoms with E-state index in [1.54, 1.807) is 36.0 Å². The summed E-state index contributed by atoms with van der Waals surface area (Å²) in [6, 6.07) is 9.72. The van der Waals surface area contributed by atoms with Crippen molar-refractivity contribution in [1.29, 1.82) is 0 Å². The summed E-state index contributed by atoms with van der Waals surface area (Å²) in [5, 5.41) is 22.8. The minimum Gasteiger partial charge on any atom is -0.338 e. The van der Waals surface area contributed by atoms with Crippen molar-refractivity contribution in [2.24, 2.45) is 0 Å². The van der Waals surface area contributed by atoms with Gasteiger partial charge in [0, 0.05) is 48.1 Å². The molecule has 172 valence electrons. The maximum absolute atomic E-state index is 13.2. The van der Waals surface area contributed by atoms with Gasteiger partial charge in [-0.2, -0.15) is 0 Å². The fourth-order valence-electron chi connectivity index (χ4n) is 4.26. The van der Waals surface area contributed by atoms with E-state index in [0.717, 1.165) is 24.0 Å². The van der Waals surface area contributed by atoms with Crippen LogP contribution in [0.3, 0.4) is 0 Å². The lowest BCUT2D eigenvalue weighted by molar-refractivity contribution is -0.394. The molecule has 0 aliphatic carbocycles. The molecule has 2 aliphatic heterocycles. The minimum atomic E-state index is -0.760. The van der Waals surface area contributed by atoms with Gasteiger partial charge in [-0.05, 0) is 31.0 Å². The van der Waals surface area contributed by atoms with E-state index >= 15 is 0 Å². The Balaban J connectivity index is 1.51. The maximum Gasteiger partial charge on any atom is 0.277 e. The number of likely N-dealkylation sites (tertiary alicyclic amines) is 1. The highest BCUT2D eigenvalue weighted by molar-refractivity contribution is 8.00. The third-order valence-electron chi connectivity index (χ3n) is 5.90. The number of benzene rings is 2. The number of non-ortho nitro benzene ring substituents is 2. The average Bonchev–Trinajstić information content (AvgIpc) is 3.21. The second-order valence-electron chi connectivity index (χ2n) is 7.81. The number of hydrogen-bond acceptors (Lipinski definition) is 7. The van der Waals surface area contributed by atoms with Crippen molar-refractivity contribution in [2.75, 3.05) is 25.4 Å². The Kier molecular flexibility index (Phi) is 6.26. The van der Waals surface area contributed by atoms with Gasteiger partial charge in [0.1, 0.15) is 0 Å². The lowest BCUT2D eigenvalue weighted by Gasteiger charge is -2.44. The van der Waals surface area contributed by atoms with E-state index in [4.69, 9.17) is 11.6 Å². The summed E-state index contributed by atoms with van der Waals surface area (Å²) in [4.78, 5) is 49.8. The second-order valence-corrected chi connectivity index (χ2v) is 9.70. The highest BCUT2D eigenvalue weighted by Crippen LogP contribution is 2.45. The zero-order valence-corrected chi connectivity index (χ0v) is 18.9. The summed E-state index contributed by atoms with van der Waals surface area (Å²) in [5.41, 5.74) is -0.610. The van der Waals surface area contributed by atoms with Crippen molar-refractivity contribution in [3.8, 4) is 0 Å². The van der Waals surface area contributed by atoms with Gasteiger partial charge in [0.15, 0.2) is 0 Å². The molecule has 0 aromatic heterocycles. The average molecular weight is 491 g/mol. The van der Waals surface area contributed by atoms with Crippen molar-refractivity contribution in [3.05, 3.63) is 78.8 Å². The Morgan fingerprint density at radius 3 is 2.12 bits per heavy atom. The van der Waals surface area contributed by atoms with Crippen molar-refractivity contribution >= 4 is 46.6 Å². The molecule has 0 bridgehead atoms. The molecule has 0 radical (unpaired) electrons. The highest BCUT2D eigenvalue weighted by Gasteiger charge is 2.47. The number of amides is 2. The Morgan fingerprint density at radius 2 is 1.55 bits per heavy atom. The van der Waals surface area contributed by atoms with E-state index in [-0.39, 0.29) is 11.5 Å². The predicted octanol–water partition coefficient (Wildman–Crippen LogP) is 3.98. The molecule has 2 fully saturated rings. The number of rotatable bonds is 4.